The molecule has 6 nitrogen and oxygen atoms in total. The molecule has 0 heterocycles. The second-order valence-corrected chi connectivity index (χ2v) is 3.78. The highest BCUT2D eigenvalue weighted by Crippen LogP contribution is 2.37. The summed E-state index contributed by atoms with van der Waals surface area (Å²) in [5.74, 6) is -0.453. The largest absolute Gasteiger partial charge is 0.470 e. The number of hydrogen-bond donors (Lipinski definition) is 2. The van der Waals surface area contributed by atoms with Gasteiger partial charge in [0, 0.05) is 13.6 Å². The van der Waals surface area contributed by atoms with Crippen LogP contribution in [0.5, 0.6) is 0 Å². The molecule has 0 aliphatic rings. The fraction of sp³-hybridized carbons (Fsp3) is 0.833. The molecular weight excluding hydrogens is 197 g/mol. The normalized spacial score (nSPS) is 13.9. The predicted octanol–water partition coefficient (Wildman–Crippen LogP) is -0.0375. The summed E-state index contributed by atoms with van der Waals surface area (Å²) in [5, 5.41) is 0. The Labute approximate surface area is 76.7 Å². The quantitative estimate of drug-likeness (QED) is 0.637. The molecule has 0 radical (unpaired) electrons. The van der Waals surface area contributed by atoms with E-state index in [0.717, 1.165) is 0 Å². The van der Waals surface area contributed by atoms with E-state index in [4.69, 9.17) is 9.79 Å². The lowest BCUT2D eigenvalue weighted by atomic mass is 10.3. The monoisotopic (exact) mass is 211 g/mol. The van der Waals surface area contributed by atoms with Crippen LogP contribution in [0.3, 0.4) is 0 Å². The first-order valence-corrected chi connectivity index (χ1v) is 5.30. The lowest BCUT2D eigenvalue weighted by Gasteiger charge is -2.19. The smallest absolute Gasteiger partial charge is 0.344 e. The molecule has 78 valence electrons. The molecule has 0 aromatic carbocycles. The topological polar surface area (TPSA) is 87.1 Å². The number of carbonyl (C=O) groups excluding carboxylic acids is 1. The van der Waals surface area contributed by atoms with E-state index >= 15 is 0 Å². The molecule has 1 amide bonds. The first kappa shape index (κ1) is 12.6. The van der Waals surface area contributed by atoms with E-state index in [1.165, 1.54) is 18.9 Å². The number of carbonyl (C=O) groups is 1. The minimum absolute atomic E-state index is 0.453. The molecule has 0 fully saturated rings. The Kier molecular flexibility index (Phi) is 4.56. The van der Waals surface area contributed by atoms with E-state index in [2.05, 4.69) is 4.52 Å². The van der Waals surface area contributed by atoms with Crippen LogP contribution in [0.4, 0.5) is 0 Å². The summed E-state index contributed by atoms with van der Waals surface area (Å²) >= 11 is 0. The van der Waals surface area contributed by atoms with Crippen LogP contribution in [-0.4, -0.2) is 40.3 Å². The zero-order valence-electron chi connectivity index (χ0n) is 7.80. The van der Waals surface area contributed by atoms with Crippen molar-refractivity contribution in [1.82, 2.24) is 4.90 Å². The van der Waals surface area contributed by atoms with E-state index in [0.29, 0.717) is 6.54 Å². The summed E-state index contributed by atoms with van der Waals surface area (Å²) in [6.07, 6.45) is -1.12. The average molecular weight is 211 g/mol. The van der Waals surface area contributed by atoms with Gasteiger partial charge in [0.25, 0.3) is 5.91 Å². The van der Waals surface area contributed by atoms with Gasteiger partial charge >= 0.3 is 7.82 Å². The number of phosphoric acid groups is 1. The van der Waals surface area contributed by atoms with Crippen LogP contribution in [-0.2, 0) is 13.9 Å². The summed E-state index contributed by atoms with van der Waals surface area (Å²) in [7, 11) is -3.04. The molecule has 0 aromatic heterocycles. The Morgan fingerprint density at radius 2 is 2.08 bits per heavy atom. The predicted molar refractivity (Wildman–Crippen MR) is 45.9 cm³/mol. The molecule has 0 aliphatic heterocycles. The Morgan fingerprint density at radius 3 is 2.38 bits per heavy atom. The van der Waals surface area contributed by atoms with E-state index in [1.807, 2.05) is 0 Å². The van der Waals surface area contributed by atoms with E-state index in [9.17, 15) is 9.36 Å². The number of amides is 1. The highest BCUT2D eigenvalue weighted by molar-refractivity contribution is 7.46. The van der Waals surface area contributed by atoms with Crippen LogP contribution in [0.25, 0.3) is 0 Å². The third-order valence-electron chi connectivity index (χ3n) is 1.49. The lowest BCUT2D eigenvalue weighted by molar-refractivity contribution is -0.137. The Bertz CT molecular complexity index is 225. The van der Waals surface area contributed by atoms with Crippen molar-refractivity contribution in [2.75, 3.05) is 13.6 Å². The zero-order chi connectivity index (χ0) is 10.6. The standard InChI is InChI=1S/C6H14NO5P/c1-4-7(3)6(8)5(2)12-13(9,10)11/h5H,4H2,1-3H3,(H2,9,10,11). The average Bonchev–Trinajstić information content (AvgIpc) is 1.98. The molecule has 1 atom stereocenters. The number of phosphoric ester groups is 1. The molecule has 0 saturated heterocycles. The summed E-state index contributed by atoms with van der Waals surface area (Å²) in [5.41, 5.74) is 0. The minimum atomic E-state index is -4.57. The highest BCUT2D eigenvalue weighted by atomic mass is 31.2. The minimum Gasteiger partial charge on any atom is -0.344 e. The lowest BCUT2D eigenvalue weighted by Crippen LogP contribution is -2.35. The summed E-state index contributed by atoms with van der Waals surface area (Å²) in [6, 6.07) is 0. The van der Waals surface area contributed by atoms with Gasteiger partial charge in [-0.15, -0.1) is 0 Å². The van der Waals surface area contributed by atoms with Crippen LogP contribution in [0, 0.1) is 0 Å². The maximum atomic E-state index is 11.2. The first-order chi connectivity index (χ1) is 5.78. The van der Waals surface area contributed by atoms with Gasteiger partial charge < -0.3 is 14.7 Å². The van der Waals surface area contributed by atoms with Crippen molar-refractivity contribution in [3.8, 4) is 0 Å². The van der Waals surface area contributed by atoms with Gasteiger partial charge in [0.05, 0.1) is 0 Å². The molecule has 2 N–H and O–H groups in total. The third kappa shape index (κ3) is 5.00. The van der Waals surface area contributed by atoms with Gasteiger partial charge in [-0.25, -0.2) is 4.57 Å². The van der Waals surface area contributed by atoms with Crippen molar-refractivity contribution < 1.29 is 23.7 Å². The Hall–Kier alpha value is -0.420. The fourth-order valence-electron chi connectivity index (χ4n) is 0.717. The Morgan fingerprint density at radius 1 is 1.62 bits per heavy atom. The third-order valence-corrected chi connectivity index (χ3v) is 2.08. The second kappa shape index (κ2) is 4.72. The zero-order valence-corrected chi connectivity index (χ0v) is 8.69. The SMILES string of the molecule is CCN(C)C(=O)C(C)OP(=O)(O)O. The molecule has 1 unspecified atom stereocenters. The van der Waals surface area contributed by atoms with Crippen molar-refractivity contribution in [3.05, 3.63) is 0 Å². The summed E-state index contributed by atoms with van der Waals surface area (Å²) < 4.78 is 14.6. The van der Waals surface area contributed by atoms with Crippen molar-refractivity contribution in [1.29, 1.82) is 0 Å². The first-order valence-electron chi connectivity index (χ1n) is 3.77. The molecule has 0 saturated carbocycles. The van der Waals surface area contributed by atoms with Gasteiger partial charge in [-0.3, -0.25) is 9.32 Å². The van der Waals surface area contributed by atoms with Gasteiger partial charge in [-0.2, -0.15) is 0 Å². The fourth-order valence-corrected chi connectivity index (χ4v) is 1.22. The van der Waals surface area contributed by atoms with E-state index in [-0.39, 0.29) is 0 Å². The molecule has 0 bridgehead atoms. The van der Waals surface area contributed by atoms with Crippen LogP contribution in [0.15, 0.2) is 0 Å². The number of nitrogens with zero attached hydrogens (tertiary/aromatic N) is 1. The maximum Gasteiger partial charge on any atom is 0.470 e. The maximum absolute atomic E-state index is 11.2. The Balaban J connectivity index is 4.20. The molecule has 13 heavy (non-hydrogen) atoms. The van der Waals surface area contributed by atoms with E-state index in [1.54, 1.807) is 6.92 Å². The van der Waals surface area contributed by atoms with Gasteiger partial charge in [-0.05, 0) is 13.8 Å². The molecule has 0 aromatic rings. The number of rotatable bonds is 4. The van der Waals surface area contributed by atoms with E-state index < -0.39 is 19.8 Å². The summed E-state index contributed by atoms with van der Waals surface area (Å²) in [4.78, 5) is 29.3. The van der Waals surface area contributed by atoms with Crippen molar-refractivity contribution in [2.45, 2.75) is 20.0 Å². The van der Waals surface area contributed by atoms with Gasteiger partial charge in [0.15, 0.2) is 0 Å². The molecule has 0 aliphatic carbocycles. The van der Waals surface area contributed by atoms with Crippen LogP contribution in [0.2, 0.25) is 0 Å². The van der Waals surface area contributed by atoms with Crippen LogP contribution in [0.1, 0.15) is 13.8 Å². The number of likely N-dealkylation sites (N-methyl/N-ethyl adjacent to an activating group) is 1. The van der Waals surface area contributed by atoms with Crippen molar-refractivity contribution in [3.63, 3.8) is 0 Å². The van der Waals surface area contributed by atoms with Gasteiger partial charge in [0.1, 0.15) is 6.10 Å². The molecule has 7 heteroatoms. The molecule has 0 spiro atoms. The molecule has 0 rings (SSSR count). The molecular formula is C6H14NO5P. The highest BCUT2D eigenvalue weighted by Gasteiger charge is 2.25. The summed E-state index contributed by atoms with van der Waals surface area (Å²) in [6.45, 7) is 3.52. The van der Waals surface area contributed by atoms with Gasteiger partial charge in [0.2, 0.25) is 0 Å². The van der Waals surface area contributed by atoms with Crippen LogP contribution < -0.4 is 0 Å². The number of hydrogen-bond acceptors (Lipinski definition) is 3. The van der Waals surface area contributed by atoms with Gasteiger partial charge in [-0.1, -0.05) is 0 Å². The van der Waals surface area contributed by atoms with Crippen molar-refractivity contribution in [2.24, 2.45) is 0 Å². The second-order valence-electron chi connectivity index (χ2n) is 2.59. The van der Waals surface area contributed by atoms with Crippen LogP contribution >= 0.6 is 7.82 Å². The van der Waals surface area contributed by atoms with Crippen molar-refractivity contribution >= 4 is 13.7 Å².